The fourth-order valence-electron chi connectivity index (χ4n) is 4.53. The Hall–Kier alpha value is -3.45. The third-order valence-electron chi connectivity index (χ3n) is 6.30. The molecule has 0 bridgehead atoms. The average Bonchev–Trinajstić information content (AvgIpc) is 2.88. The quantitative estimate of drug-likeness (QED) is 0.565. The van der Waals surface area contributed by atoms with Crippen molar-refractivity contribution >= 4 is 11.7 Å². The van der Waals surface area contributed by atoms with E-state index < -0.39 is 0 Å². The molecule has 1 aromatic heterocycles. The number of carbonyl (C=O) groups excluding carboxylic acids is 1. The summed E-state index contributed by atoms with van der Waals surface area (Å²) in [5, 5.41) is 0. The van der Waals surface area contributed by atoms with E-state index in [9.17, 15) is 4.79 Å². The number of aryl methyl sites for hydroxylation is 1. The predicted molar refractivity (Wildman–Crippen MR) is 130 cm³/mol. The Balaban J connectivity index is 1.37. The molecule has 1 saturated heterocycles. The van der Waals surface area contributed by atoms with Crippen molar-refractivity contribution in [1.82, 2.24) is 14.9 Å². The molecule has 0 spiro atoms. The van der Waals surface area contributed by atoms with Crippen molar-refractivity contribution in [1.29, 1.82) is 0 Å². The number of nitrogens with zero attached hydrogens (tertiary/aromatic N) is 4. The number of fused-ring (bicyclic) bond motifs is 1. The van der Waals surface area contributed by atoms with E-state index in [1.54, 1.807) is 0 Å². The van der Waals surface area contributed by atoms with Gasteiger partial charge in [0, 0.05) is 38.0 Å². The largest absolute Gasteiger partial charge is 0.484 e. The van der Waals surface area contributed by atoms with Gasteiger partial charge >= 0.3 is 0 Å². The van der Waals surface area contributed by atoms with Gasteiger partial charge in [-0.2, -0.15) is 0 Å². The molecular weight excluding hydrogens is 428 g/mol. The lowest BCUT2D eigenvalue weighted by Gasteiger charge is -2.34. The minimum Gasteiger partial charge on any atom is -0.484 e. The second-order valence-corrected chi connectivity index (χ2v) is 8.82. The van der Waals surface area contributed by atoms with Crippen LogP contribution in [0.3, 0.4) is 0 Å². The fraction of sp³-hybridized carbons (Fsp3) is 0.370. The number of benzene rings is 2. The molecule has 34 heavy (non-hydrogen) atoms. The smallest absolute Gasteiger partial charge is 0.260 e. The Morgan fingerprint density at radius 1 is 1.03 bits per heavy atom. The number of aromatic nitrogens is 2. The van der Waals surface area contributed by atoms with Crippen LogP contribution in [0.2, 0.25) is 0 Å². The number of anilines is 1. The summed E-state index contributed by atoms with van der Waals surface area (Å²) in [7, 11) is 0. The highest BCUT2D eigenvalue weighted by Crippen LogP contribution is 2.28. The summed E-state index contributed by atoms with van der Waals surface area (Å²) in [5.41, 5.74) is 4.54. The molecule has 0 atom stereocenters. The molecule has 0 aliphatic carbocycles. The van der Waals surface area contributed by atoms with Crippen molar-refractivity contribution in [2.24, 2.45) is 0 Å². The first-order chi connectivity index (χ1) is 16.7. The van der Waals surface area contributed by atoms with Crippen molar-refractivity contribution in [2.45, 2.75) is 26.3 Å². The molecule has 2 aromatic carbocycles. The highest BCUT2D eigenvalue weighted by Gasteiger charge is 2.28. The van der Waals surface area contributed by atoms with E-state index >= 15 is 0 Å². The second-order valence-electron chi connectivity index (χ2n) is 8.82. The molecule has 7 heteroatoms. The van der Waals surface area contributed by atoms with Gasteiger partial charge in [-0.05, 0) is 24.6 Å². The Morgan fingerprint density at radius 2 is 1.85 bits per heavy atom. The number of para-hydroxylation sites is 1. The first kappa shape index (κ1) is 22.3. The van der Waals surface area contributed by atoms with Gasteiger partial charge in [-0.15, -0.1) is 0 Å². The van der Waals surface area contributed by atoms with Gasteiger partial charge in [0.15, 0.2) is 6.61 Å². The molecule has 7 nitrogen and oxygen atoms in total. The minimum absolute atomic E-state index is 0.0220. The van der Waals surface area contributed by atoms with Crippen LogP contribution in [0, 0.1) is 6.92 Å². The SMILES string of the molecule is Cc1cccc(Cc2nc3c(c(N4CCOCC4)n2)CN(C(=O)COc2ccccc2)CC3)c1. The molecule has 1 amide bonds. The van der Waals surface area contributed by atoms with Crippen LogP contribution >= 0.6 is 0 Å². The molecule has 5 rings (SSSR count). The standard InChI is InChI=1S/C27H30N4O3/c1-20-6-5-7-21(16-20)17-25-28-24-10-11-31(26(32)19-34-22-8-3-2-4-9-22)18-23(24)27(29-25)30-12-14-33-15-13-30/h2-9,16H,10-15,17-19H2,1H3. The average molecular weight is 459 g/mol. The zero-order valence-electron chi connectivity index (χ0n) is 19.6. The first-order valence-corrected chi connectivity index (χ1v) is 11.9. The van der Waals surface area contributed by atoms with Crippen LogP contribution in [-0.2, 0) is 28.9 Å². The Kier molecular flexibility index (Phi) is 6.72. The maximum Gasteiger partial charge on any atom is 0.260 e. The van der Waals surface area contributed by atoms with Crippen LogP contribution < -0.4 is 9.64 Å². The van der Waals surface area contributed by atoms with Crippen molar-refractivity contribution in [3.8, 4) is 5.75 Å². The normalized spacial score (nSPS) is 15.7. The number of hydrogen-bond donors (Lipinski definition) is 0. The van der Waals surface area contributed by atoms with Gasteiger partial charge < -0.3 is 19.3 Å². The van der Waals surface area contributed by atoms with Gasteiger partial charge in [0.1, 0.15) is 17.4 Å². The van der Waals surface area contributed by atoms with Gasteiger partial charge in [0.05, 0.1) is 25.5 Å². The van der Waals surface area contributed by atoms with E-state index in [2.05, 4.69) is 36.1 Å². The molecule has 2 aliphatic rings. The molecule has 1 fully saturated rings. The monoisotopic (exact) mass is 458 g/mol. The molecule has 2 aliphatic heterocycles. The molecule has 0 N–H and O–H groups in total. The number of ether oxygens (including phenoxy) is 2. The molecule has 3 heterocycles. The Labute approximate surface area is 200 Å². The number of rotatable bonds is 6. The van der Waals surface area contributed by atoms with E-state index in [0.717, 1.165) is 36.0 Å². The van der Waals surface area contributed by atoms with Gasteiger partial charge in [-0.25, -0.2) is 9.97 Å². The van der Waals surface area contributed by atoms with Crippen LogP contribution in [0.25, 0.3) is 0 Å². The number of amides is 1. The first-order valence-electron chi connectivity index (χ1n) is 11.9. The predicted octanol–water partition coefficient (Wildman–Crippen LogP) is 3.18. The van der Waals surface area contributed by atoms with Gasteiger partial charge in [-0.3, -0.25) is 4.79 Å². The Bertz CT molecular complexity index is 1150. The third-order valence-corrected chi connectivity index (χ3v) is 6.30. The van der Waals surface area contributed by atoms with E-state index in [-0.39, 0.29) is 12.5 Å². The summed E-state index contributed by atoms with van der Waals surface area (Å²) in [5.74, 6) is 2.45. The summed E-state index contributed by atoms with van der Waals surface area (Å²) in [6.07, 6.45) is 1.41. The Morgan fingerprint density at radius 3 is 2.65 bits per heavy atom. The highest BCUT2D eigenvalue weighted by atomic mass is 16.5. The lowest BCUT2D eigenvalue weighted by Crippen LogP contribution is -2.42. The van der Waals surface area contributed by atoms with Crippen molar-refractivity contribution in [2.75, 3.05) is 44.4 Å². The highest BCUT2D eigenvalue weighted by molar-refractivity contribution is 5.78. The topological polar surface area (TPSA) is 67.8 Å². The number of carbonyl (C=O) groups is 1. The number of morpholine rings is 1. The summed E-state index contributed by atoms with van der Waals surface area (Å²) in [6, 6.07) is 17.9. The lowest BCUT2D eigenvalue weighted by atomic mass is 10.0. The minimum atomic E-state index is -0.0220. The molecule has 0 unspecified atom stereocenters. The van der Waals surface area contributed by atoms with Crippen LogP contribution in [0.4, 0.5) is 5.82 Å². The third kappa shape index (κ3) is 5.20. The number of hydrogen-bond acceptors (Lipinski definition) is 6. The van der Waals surface area contributed by atoms with Gasteiger partial charge in [0.2, 0.25) is 0 Å². The van der Waals surface area contributed by atoms with E-state index in [0.29, 0.717) is 44.9 Å². The van der Waals surface area contributed by atoms with Crippen LogP contribution in [0.5, 0.6) is 5.75 Å². The van der Waals surface area contributed by atoms with E-state index in [4.69, 9.17) is 19.4 Å². The van der Waals surface area contributed by atoms with E-state index in [1.807, 2.05) is 35.2 Å². The lowest BCUT2D eigenvalue weighted by molar-refractivity contribution is -0.134. The summed E-state index contributed by atoms with van der Waals surface area (Å²) in [6.45, 7) is 6.20. The van der Waals surface area contributed by atoms with Crippen LogP contribution in [0.15, 0.2) is 54.6 Å². The molecule has 3 aromatic rings. The molecule has 176 valence electrons. The summed E-state index contributed by atoms with van der Waals surface area (Å²) >= 11 is 0. The summed E-state index contributed by atoms with van der Waals surface area (Å²) < 4.78 is 11.3. The van der Waals surface area contributed by atoms with Crippen molar-refractivity contribution < 1.29 is 14.3 Å². The maximum absolute atomic E-state index is 12.9. The fourth-order valence-corrected chi connectivity index (χ4v) is 4.53. The maximum atomic E-state index is 12.9. The zero-order chi connectivity index (χ0) is 23.3. The second kappa shape index (κ2) is 10.2. The molecule has 0 radical (unpaired) electrons. The summed E-state index contributed by atoms with van der Waals surface area (Å²) in [4.78, 5) is 27.0. The van der Waals surface area contributed by atoms with Crippen LogP contribution in [0.1, 0.15) is 28.2 Å². The van der Waals surface area contributed by atoms with Gasteiger partial charge in [0.25, 0.3) is 5.91 Å². The molecule has 0 saturated carbocycles. The zero-order valence-corrected chi connectivity index (χ0v) is 19.6. The van der Waals surface area contributed by atoms with Crippen molar-refractivity contribution in [3.05, 3.63) is 82.8 Å². The van der Waals surface area contributed by atoms with Gasteiger partial charge in [-0.1, -0.05) is 48.0 Å². The molecular formula is C27H30N4O3. The van der Waals surface area contributed by atoms with Crippen molar-refractivity contribution in [3.63, 3.8) is 0 Å². The van der Waals surface area contributed by atoms with E-state index in [1.165, 1.54) is 11.1 Å². The van der Waals surface area contributed by atoms with Crippen LogP contribution in [-0.4, -0.2) is 60.2 Å².